The zero-order valence-corrected chi connectivity index (χ0v) is 12.0. The zero-order valence-electron chi connectivity index (χ0n) is 11.2. The van der Waals surface area contributed by atoms with Crippen molar-refractivity contribution in [2.75, 3.05) is 0 Å². The maximum atomic E-state index is 12.8. The van der Waals surface area contributed by atoms with Gasteiger partial charge in [0.25, 0.3) is 5.91 Å². The first kappa shape index (κ1) is 14.0. The van der Waals surface area contributed by atoms with Crippen LogP contribution < -0.4 is 5.32 Å². The van der Waals surface area contributed by atoms with E-state index in [4.69, 9.17) is 4.42 Å². The highest BCUT2D eigenvalue weighted by atomic mass is 32.2. The third kappa shape index (κ3) is 3.58. The van der Waals surface area contributed by atoms with Crippen molar-refractivity contribution in [3.63, 3.8) is 0 Å². The van der Waals surface area contributed by atoms with Gasteiger partial charge in [0.15, 0.2) is 5.76 Å². The number of nitrogens with one attached hydrogen (secondary N) is 1. The molecule has 1 aromatic heterocycles. The Bertz CT molecular complexity index is 676. The Hall–Kier alpha value is -1.95. The van der Waals surface area contributed by atoms with Gasteiger partial charge in [0, 0.05) is 10.9 Å². The summed E-state index contributed by atoms with van der Waals surface area (Å²) in [5.41, 5.74) is 0. The standard InChI is InChI=1S/C15H14FNO3S/c16-10-1-6-13(7-2-10)21(19)9-12-5-8-14(20-12)15(18)17-11-3-4-11/h1-2,5-8,11H,3-4,9H2,(H,17,18)/t21-/m1/s1. The maximum Gasteiger partial charge on any atom is 0.287 e. The molecule has 110 valence electrons. The van der Waals surface area contributed by atoms with Gasteiger partial charge in [-0.25, -0.2) is 4.39 Å². The highest BCUT2D eigenvalue weighted by Gasteiger charge is 2.25. The molecular weight excluding hydrogens is 293 g/mol. The smallest absolute Gasteiger partial charge is 0.287 e. The average molecular weight is 307 g/mol. The molecule has 3 rings (SSSR count). The lowest BCUT2D eigenvalue weighted by Crippen LogP contribution is -2.24. The molecule has 1 aromatic carbocycles. The van der Waals surface area contributed by atoms with Gasteiger partial charge in [-0.2, -0.15) is 0 Å². The molecule has 6 heteroatoms. The summed E-state index contributed by atoms with van der Waals surface area (Å²) in [4.78, 5) is 12.3. The van der Waals surface area contributed by atoms with Crippen LogP contribution in [0, 0.1) is 5.82 Å². The van der Waals surface area contributed by atoms with Crippen molar-refractivity contribution < 1.29 is 17.8 Å². The number of halogens is 1. The lowest BCUT2D eigenvalue weighted by molar-refractivity contribution is 0.0922. The van der Waals surface area contributed by atoms with Crippen LogP contribution >= 0.6 is 0 Å². The van der Waals surface area contributed by atoms with E-state index in [1.165, 1.54) is 24.3 Å². The molecule has 0 aliphatic heterocycles. The Labute approximate surface area is 123 Å². The van der Waals surface area contributed by atoms with Crippen molar-refractivity contribution >= 4 is 16.7 Å². The minimum atomic E-state index is -1.33. The monoisotopic (exact) mass is 307 g/mol. The van der Waals surface area contributed by atoms with E-state index >= 15 is 0 Å². The molecule has 0 spiro atoms. The fraction of sp³-hybridized carbons (Fsp3) is 0.267. The van der Waals surface area contributed by atoms with Gasteiger partial charge >= 0.3 is 0 Å². The minimum absolute atomic E-state index is 0.155. The van der Waals surface area contributed by atoms with Gasteiger partial charge in [-0.1, -0.05) is 0 Å². The van der Waals surface area contributed by atoms with Crippen LogP contribution in [-0.2, 0) is 16.6 Å². The van der Waals surface area contributed by atoms with Crippen LogP contribution in [0.4, 0.5) is 4.39 Å². The van der Waals surface area contributed by atoms with Gasteiger partial charge in [-0.3, -0.25) is 9.00 Å². The number of hydrogen-bond acceptors (Lipinski definition) is 3. The van der Waals surface area contributed by atoms with Gasteiger partial charge in [0.1, 0.15) is 11.6 Å². The highest BCUT2D eigenvalue weighted by molar-refractivity contribution is 7.84. The molecule has 0 unspecified atom stereocenters. The molecule has 1 heterocycles. The molecule has 1 saturated carbocycles. The molecule has 1 atom stereocenters. The normalized spacial score (nSPS) is 15.7. The van der Waals surface area contributed by atoms with Crippen molar-refractivity contribution in [2.45, 2.75) is 29.5 Å². The number of furan rings is 1. The molecule has 0 radical (unpaired) electrons. The maximum absolute atomic E-state index is 12.8. The summed E-state index contributed by atoms with van der Waals surface area (Å²) in [6.07, 6.45) is 2.02. The quantitative estimate of drug-likeness (QED) is 0.923. The van der Waals surface area contributed by atoms with Gasteiger partial charge in [0.05, 0.1) is 16.6 Å². The lowest BCUT2D eigenvalue weighted by atomic mass is 10.4. The summed E-state index contributed by atoms with van der Waals surface area (Å²) in [5, 5.41) is 2.82. The van der Waals surface area contributed by atoms with Crippen LogP contribution in [-0.4, -0.2) is 16.2 Å². The van der Waals surface area contributed by atoms with Gasteiger partial charge in [-0.05, 0) is 49.2 Å². The Kier molecular flexibility index (Phi) is 3.88. The van der Waals surface area contributed by atoms with E-state index in [1.807, 2.05) is 0 Å². The summed E-state index contributed by atoms with van der Waals surface area (Å²) < 4.78 is 30.3. The van der Waals surface area contributed by atoms with E-state index in [-0.39, 0.29) is 29.3 Å². The van der Waals surface area contributed by atoms with Crippen molar-refractivity contribution in [3.8, 4) is 0 Å². The number of rotatable bonds is 5. The number of carbonyl (C=O) groups is 1. The van der Waals surface area contributed by atoms with Gasteiger partial charge in [0.2, 0.25) is 0 Å². The summed E-state index contributed by atoms with van der Waals surface area (Å²) >= 11 is 0. The van der Waals surface area contributed by atoms with Crippen molar-refractivity contribution in [1.29, 1.82) is 0 Å². The Morgan fingerprint density at radius 1 is 1.24 bits per heavy atom. The van der Waals surface area contributed by atoms with Crippen LogP contribution in [0.2, 0.25) is 0 Å². The first-order valence-electron chi connectivity index (χ1n) is 6.65. The van der Waals surface area contributed by atoms with Crippen LogP contribution in [0.1, 0.15) is 29.2 Å². The Morgan fingerprint density at radius 2 is 1.95 bits per heavy atom. The average Bonchev–Trinajstić information content (AvgIpc) is 3.15. The van der Waals surface area contributed by atoms with Crippen molar-refractivity contribution in [3.05, 3.63) is 53.7 Å². The molecule has 21 heavy (non-hydrogen) atoms. The number of carbonyl (C=O) groups excluding carboxylic acids is 1. The second-order valence-electron chi connectivity index (χ2n) is 4.96. The zero-order chi connectivity index (χ0) is 14.8. The first-order valence-corrected chi connectivity index (χ1v) is 7.97. The fourth-order valence-corrected chi connectivity index (χ4v) is 2.88. The molecule has 2 aromatic rings. The lowest BCUT2D eigenvalue weighted by Gasteiger charge is -2.01. The molecule has 0 saturated heterocycles. The van der Waals surface area contributed by atoms with Crippen LogP contribution in [0.5, 0.6) is 0 Å². The molecular formula is C15H14FNO3S. The summed E-state index contributed by atoms with van der Waals surface area (Å²) in [5.74, 6) is 0.248. The number of hydrogen-bond donors (Lipinski definition) is 1. The van der Waals surface area contributed by atoms with Gasteiger partial charge < -0.3 is 9.73 Å². The molecule has 1 amide bonds. The number of benzene rings is 1. The van der Waals surface area contributed by atoms with Crippen molar-refractivity contribution in [2.24, 2.45) is 0 Å². The Balaban J connectivity index is 1.64. The molecule has 4 nitrogen and oxygen atoms in total. The van der Waals surface area contributed by atoms with E-state index in [9.17, 15) is 13.4 Å². The highest BCUT2D eigenvalue weighted by Crippen LogP contribution is 2.20. The summed E-state index contributed by atoms with van der Waals surface area (Å²) in [6, 6.07) is 8.98. The Morgan fingerprint density at radius 3 is 2.62 bits per heavy atom. The van der Waals surface area contributed by atoms with Crippen molar-refractivity contribution in [1.82, 2.24) is 5.32 Å². The third-order valence-corrected chi connectivity index (χ3v) is 4.49. The molecule has 0 bridgehead atoms. The SMILES string of the molecule is O=C(NC1CC1)c1ccc(C[S@@](=O)c2ccc(F)cc2)o1. The summed E-state index contributed by atoms with van der Waals surface area (Å²) in [6.45, 7) is 0. The van der Waals surface area contributed by atoms with Crippen LogP contribution in [0.3, 0.4) is 0 Å². The largest absolute Gasteiger partial charge is 0.455 e. The second kappa shape index (κ2) is 5.81. The van der Waals surface area contributed by atoms with E-state index < -0.39 is 10.8 Å². The minimum Gasteiger partial charge on any atom is -0.455 e. The van der Waals surface area contributed by atoms with E-state index in [0.29, 0.717) is 10.7 Å². The topological polar surface area (TPSA) is 59.3 Å². The summed E-state index contributed by atoms with van der Waals surface area (Å²) in [7, 11) is -1.33. The first-order chi connectivity index (χ1) is 10.1. The van der Waals surface area contributed by atoms with Gasteiger partial charge in [-0.15, -0.1) is 0 Å². The van der Waals surface area contributed by atoms with Crippen LogP contribution in [0.15, 0.2) is 45.7 Å². The third-order valence-electron chi connectivity index (χ3n) is 3.15. The molecule has 1 N–H and O–H groups in total. The molecule has 1 fully saturated rings. The molecule has 1 aliphatic carbocycles. The van der Waals surface area contributed by atoms with E-state index in [1.54, 1.807) is 12.1 Å². The second-order valence-corrected chi connectivity index (χ2v) is 6.41. The van der Waals surface area contributed by atoms with E-state index in [2.05, 4.69) is 5.32 Å². The molecule has 1 aliphatic rings. The van der Waals surface area contributed by atoms with Crippen LogP contribution in [0.25, 0.3) is 0 Å². The number of amides is 1. The predicted molar refractivity (Wildman–Crippen MR) is 75.7 cm³/mol. The fourth-order valence-electron chi connectivity index (χ4n) is 1.86. The predicted octanol–water partition coefficient (Wildman–Crippen LogP) is 2.62. The van der Waals surface area contributed by atoms with E-state index in [0.717, 1.165) is 12.8 Å².